The number of hydrogen-bond acceptors (Lipinski definition) is 5. The summed E-state index contributed by atoms with van der Waals surface area (Å²) in [5.74, 6) is -1.40. The van der Waals surface area contributed by atoms with Crippen LogP contribution in [-0.4, -0.2) is 57.5 Å². The topological polar surface area (TPSA) is 113 Å². The number of carboxylic acids is 1. The molecule has 0 aliphatic carbocycles. The van der Waals surface area contributed by atoms with Gasteiger partial charge in [-0.15, -0.1) is 0 Å². The van der Waals surface area contributed by atoms with Crippen LogP contribution in [0.4, 0.5) is 0 Å². The predicted molar refractivity (Wildman–Crippen MR) is 96.9 cm³/mol. The van der Waals surface area contributed by atoms with E-state index in [4.69, 9.17) is 4.74 Å². The molecule has 1 aromatic rings. The number of nitrogens with one attached hydrogen (secondary N) is 1. The van der Waals surface area contributed by atoms with Crippen LogP contribution in [0.5, 0.6) is 5.75 Å². The Morgan fingerprint density at radius 2 is 1.81 bits per heavy atom. The fourth-order valence-corrected chi connectivity index (χ4v) is 3.52. The van der Waals surface area contributed by atoms with E-state index in [1.807, 2.05) is 0 Å². The molecule has 1 aromatic carbocycles. The Balaban J connectivity index is 3.17. The third-order valence-corrected chi connectivity index (χ3v) is 6.42. The first-order valence-corrected chi connectivity index (χ1v) is 9.62. The van der Waals surface area contributed by atoms with Crippen molar-refractivity contribution in [3.05, 3.63) is 23.8 Å². The average Bonchev–Trinajstić information content (AvgIpc) is 2.61. The zero-order chi connectivity index (χ0) is 20.1. The molecule has 0 radical (unpaired) electrons. The number of methoxy groups -OCH3 is 1. The molecule has 26 heavy (non-hydrogen) atoms. The normalized spacial score (nSPS) is 12.1. The van der Waals surface area contributed by atoms with Gasteiger partial charge in [-0.1, -0.05) is 13.8 Å². The maximum Gasteiger partial charge on any atom is 0.311 e. The van der Waals surface area contributed by atoms with Gasteiger partial charge in [-0.3, -0.25) is 9.59 Å². The molecule has 0 fully saturated rings. The number of sulfonamides is 1. The van der Waals surface area contributed by atoms with Crippen molar-refractivity contribution in [1.29, 1.82) is 0 Å². The number of benzene rings is 1. The number of ether oxygens (including phenoxy) is 1. The summed E-state index contributed by atoms with van der Waals surface area (Å²) in [5.41, 5.74) is -0.946. The molecule has 8 nitrogen and oxygen atoms in total. The van der Waals surface area contributed by atoms with Gasteiger partial charge >= 0.3 is 5.97 Å². The molecule has 0 atom stereocenters. The lowest BCUT2D eigenvalue weighted by atomic mass is 9.82. The number of aliphatic carboxylic acids is 1. The van der Waals surface area contributed by atoms with Crippen molar-refractivity contribution >= 4 is 21.9 Å². The first-order chi connectivity index (χ1) is 12.1. The number of carboxylic acid groups (broad SMARTS) is 1. The first kappa shape index (κ1) is 21.9. The summed E-state index contributed by atoms with van der Waals surface area (Å²) in [7, 11) is 0.294. The van der Waals surface area contributed by atoms with Crippen molar-refractivity contribution in [3.63, 3.8) is 0 Å². The highest BCUT2D eigenvalue weighted by atomic mass is 32.2. The van der Waals surface area contributed by atoms with Gasteiger partial charge in [0.15, 0.2) is 0 Å². The van der Waals surface area contributed by atoms with Crippen LogP contribution in [0.3, 0.4) is 0 Å². The second kappa shape index (κ2) is 8.50. The van der Waals surface area contributed by atoms with Gasteiger partial charge in [0.05, 0.1) is 12.5 Å². The number of rotatable bonds is 9. The van der Waals surface area contributed by atoms with Crippen molar-refractivity contribution in [3.8, 4) is 5.75 Å². The Morgan fingerprint density at radius 1 is 1.23 bits per heavy atom. The van der Waals surface area contributed by atoms with E-state index in [-0.39, 0.29) is 22.8 Å². The fourth-order valence-electron chi connectivity index (χ4n) is 2.45. The molecule has 0 bridgehead atoms. The minimum atomic E-state index is -3.81. The summed E-state index contributed by atoms with van der Waals surface area (Å²) in [4.78, 5) is 23.8. The Labute approximate surface area is 154 Å². The maximum atomic E-state index is 12.4. The van der Waals surface area contributed by atoms with Crippen molar-refractivity contribution in [2.45, 2.75) is 31.6 Å². The second-order valence-corrected chi connectivity index (χ2v) is 8.25. The molecule has 0 aliphatic rings. The van der Waals surface area contributed by atoms with E-state index < -0.39 is 27.3 Å². The average molecular weight is 386 g/mol. The molecule has 0 aromatic heterocycles. The summed E-state index contributed by atoms with van der Waals surface area (Å²) in [6.07, 6.45) is 0.726. The molecule has 9 heteroatoms. The molecular weight excluding hydrogens is 360 g/mol. The molecule has 0 saturated heterocycles. The predicted octanol–water partition coefficient (Wildman–Crippen LogP) is 1.57. The van der Waals surface area contributed by atoms with E-state index in [1.165, 1.54) is 39.4 Å². The van der Waals surface area contributed by atoms with Crippen molar-refractivity contribution in [2.24, 2.45) is 5.41 Å². The lowest BCUT2D eigenvalue weighted by molar-refractivity contribution is -0.149. The van der Waals surface area contributed by atoms with Crippen LogP contribution >= 0.6 is 0 Å². The Kier molecular flexibility index (Phi) is 7.16. The summed E-state index contributed by atoms with van der Waals surface area (Å²) in [6, 6.07) is 4.06. The highest BCUT2D eigenvalue weighted by molar-refractivity contribution is 7.89. The highest BCUT2D eigenvalue weighted by Gasteiger charge is 2.35. The standard InChI is InChI=1S/C17H26N2O6S/c1-6-17(7-2,16(21)22)11-18-15(20)12-8-9-13(25-5)14(10-12)26(23,24)19(3)4/h8-10H,6-7,11H2,1-5H3,(H,18,20)(H,21,22). The minimum absolute atomic E-state index is 0.0457. The van der Waals surface area contributed by atoms with Gasteiger partial charge < -0.3 is 15.2 Å². The molecule has 0 aliphatic heterocycles. The fraction of sp³-hybridized carbons (Fsp3) is 0.529. The van der Waals surface area contributed by atoms with Crippen molar-refractivity contribution in [2.75, 3.05) is 27.7 Å². The maximum absolute atomic E-state index is 12.4. The van der Waals surface area contributed by atoms with Crippen LogP contribution in [0.1, 0.15) is 37.0 Å². The molecule has 2 N–H and O–H groups in total. The summed E-state index contributed by atoms with van der Waals surface area (Å²) in [6.45, 7) is 3.45. The van der Waals surface area contributed by atoms with Crippen LogP contribution in [-0.2, 0) is 14.8 Å². The van der Waals surface area contributed by atoms with E-state index in [2.05, 4.69) is 5.32 Å². The molecule has 0 unspecified atom stereocenters. The molecule has 146 valence electrons. The molecule has 0 saturated carbocycles. The first-order valence-electron chi connectivity index (χ1n) is 8.18. The van der Waals surface area contributed by atoms with E-state index in [0.29, 0.717) is 12.8 Å². The molecular formula is C17H26N2O6S. The zero-order valence-corrected chi connectivity index (χ0v) is 16.5. The largest absolute Gasteiger partial charge is 0.495 e. The van der Waals surface area contributed by atoms with Crippen LogP contribution in [0.15, 0.2) is 23.1 Å². The van der Waals surface area contributed by atoms with Crippen LogP contribution in [0, 0.1) is 5.41 Å². The molecule has 1 amide bonds. The van der Waals surface area contributed by atoms with E-state index >= 15 is 0 Å². The van der Waals surface area contributed by atoms with Crippen LogP contribution in [0.2, 0.25) is 0 Å². The molecule has 0 heterocycles. The Hall–Kier alpha value is -2.13. The smallest absolute Gasteiger partial charge is 0.311 e. The van der Waals surface area contributed by atoms with E-state index in [0.717, 1.165) is 4.31 Å². The number of amides is 1. The minimum Gasteiger partial charge on any atom is -0.495 e. The van der Waals surface area contributed by atoms with Gasteiger partial charge in [-0.05, 0) is 31.0 Å². The summed E-state index contributed by atoms with van der Waals surface area (Å²) in [5, 5.41) is 12.0. The number of carbonyl (C=O) groups is 2. The Morgan fingerprint density at radius 3 is 2.23 bits per heavy atom. The monoisotopic (exact) mass is 386 g/mol. The third-order valence-electron chi connectivity index (χ3n) is 4.58. The second-order valence-electron chi connectivity index (χ2n) is 6.13. The van der Waals surface area contributed by atoms with Gasteiger partial charge in [0, 0.05) is 26.2 Å². The molecule has 0 spiro atoms. The van der Waals surface area contributed by atoms with Gasteiger partial charge in [0.25, 0.3) is 5.91 Å². The van der Waals surface area contributed by atoms with Gasteiger partial charge in [-0.2, -0.15) is 0 Å². The van der Waals surface area contributed by atoms with Crippen molar-refractivity contribution in [1.82, 2.24) is 9.62 Å². The quantitative estimate of drug-likeness (QED) is 0.666. The molecule has 1 rings (SSSR count). The summed E-state index contributed by atoms with van der Waals surface area (Å²) < 4.78 is 30.9. The van der Waals surface area contributed by atoms with Gasteiger partial charge in [-0.25, -0.2) is 12.7 Å². The SMILES string of the molecule is CCC(CC)(CNC(=O)c1ccc(OC)c(S(=O)(=O)N(C)C)c1)C(=O)O. The third kappa shape index (κ3) is 4.34. The number of carbonyl (C=O) groups excluding carboxylic acids is 1. The van der Waals surface area contributed by atoms with Crippen molar-refractivity contribution < 1.29 is 27.9 Å². The van der Waals surface area contributed by atoms with Crippen LogP contribution in [0.25, 0.3) is 0 Å². The van der Waals surface area contributed by atoms with Gasteiger partial charge in [0.1, 0.15) is 10.6 Å². The van der Waals surface area contributed by atoms with E-state index in [1.54, 1.807) is 13.8 Å². The summed E-state index contributed by atoms with van der Waals surface area (Å²) >= 11 is 0. The van der Waals surface area contributed by atoms with Crippen LogP contribution < -0.4 is 10.1 Å². The van der Waals surface area contributed by atoms with E-state index in [9.17, 15) is 23.1 Å². The highest BCUT2D eigenvalue weighted by Crippen LogP contribution is 2.28. The Bertz CT molecular complexity index is 769. The number of nitrogens with zero attached hydrogens (tertiary/aromatic N) is 1. The lowest BCUT2D eigenvalue weighted by Crippen LogP contribution is -2.42. The lowest BCUT2D eigenvalue weighted by Gasteiger charge is -2.26. The number of hydrogen-bond donors (Lipinski definition) is 2. The zero-order valence-electron chi connectivity index (χ0n) is 15.7. The van der Waals surface area contributed by atoms with Gasteiger partial charge in [0.2, 0.25) is 10.0 Å².